The highest BCUT2D eigenvalue weighted by Gasteiger charge is 2.39. The van der Waals surface area contributed by atoms with E-state index >= 15 is 0 Å². The first-order valence-corrected chi connectivity index (χ1v) is 12.5. The Morgan fingerprint density at radius 1 is 1.19 bits per heavy atom. The maximum atomic E-state index is 14.9. The molecule has 1 aromatic carbocycles. The number of nitrogens with zero attached hydrogens (tertiary/aromatic N) is 4. The van der Waals surface area contributed by atoms with Gasteiger partial charge in [-0.15, -0.1) is 0 Å². The molecule has 0 bridgehead atoms. The fourth-order valence-corrected chi connectivity index (χ4v) is 5.04. The fourth-order valence-electron chi connectivity index (χ4n) is 5.04. The van der Waals surface area contributed by atoms with E-state index in [0.29, 0.717) is 54.2 Å². The van der Waals surface area contributed by atoms with Gasteiger partial charge >= 0.3 is 0 Å². The number of rotatable bonds is 7. The lowest BCUT2D eigenvalue weighted by Crippen LogP contribution is -2.45. The molecule has 0 spiro atoms. The third-order valence-electron chi connectivity index (χ3n) is 7.53. The van der Waals surface area contributed by atoms with Gasteiger partial charge in [0, 0.05) is 44.0 Å². The Hall–Kier alpha value is -3.27. The Morgan fingerprint density at radius 3 is 2.51 bits per heavy atom. The number of anilines is 1. The van der Waals surface area contributed by atoms with Crippen LogP contribution >= 0.6 is 0 Å². The van der Waals surface area contributed by atoms with E-state index in [0.717, 1.165) is 18.9 Å². The van der Waals surface area contributed by atoms with Crippen LogP contribution in [0.2, 0.25) is 0 Å². The molecule has 1 aliphatic carbocycles. The molecule has 196 valence electrons. The standard InChI is InChI=1S/C27H30F3N5O2/c1-15(18-5-4-6-19(23(18)28)24(29)30)32-26-20-13-22(27(37-3)9-11-35(12-10-27)16(2)36)31-14-21(20)33-25(34-26)17-7-8-17/h4-6,13-15,17,24H,7-12H2,1-3H3,(H,32,33,34)/t15-/m1/s1. The molecular weight excluding hydrogens is 483 g/mol. The van der Waals surface area contributed by atoms with E-state index in [1.807, 2.05) is 6.07 Å². The molecule has 1 saturated carbocycles. The molecule has 2 aromatic heterocycles. The number of hydrogen-bond donors (Lipinski definition) is 1. The van der Waals surface area contributed by atoms with Gasteiger partial charge in [0.05, 0.1) is 29.0 Å². The average Bonchev–Trinajstić information content (AvgIpc) is 3.74. The highest BCUT2D eigenvalue weighted by atomic mass is 19.3. The van der Waals surface area contributed by atoms with Crippen LogP contribution in [-0.2, 0) is 15.1 Å². The number of hydrogen-bond acceptors (Lipinski definition) is 6. The minimum absolute atomic E-state index is 0.0285. The first kappa shape index (κ1) is 25.4. The summed E-state index contributed by atoms with van der Waals surface area (Å²) < 4.78 is 47.5. The lowest BCUT2D eigenvalue weighted by atomic mass is 9.87. The minimum atomic E-state index is -2.90. The summed E-state index contributed by atoms with van der Waals surface area (Å²) in [5.41, 5.74) is 0.190. The number of alkyl halides is 2. The number of benzene rings is 1. The summed E-state index contributed by atoms with van der Waals surface area (Å²) in [5.74, 6) is 0.559. The van der Waals surface area contributed by atoms with Gasteiger partial charge in [0.15, 0.2) is 0 Å². The second kappa shape index (κ2) is 9.89. The lowest BCUT2D eigenvalue weighted by molar-refractivity contribution is -0.135. The molecule has 1 N–H and O–H groups in total. The number of amides is 1. The number of ether oxygens (including phenoxy) is 1. The summed E-state index contributed by atoms with van der Waals surface area (Å²) in [6.45, 7) is 4.39. The highest BCUT2D eigenvalue weighted by molar-refractivity contribution is 5.89. The second-order valence-electron chi connectivity index (χ2n) is 9.91. The number of fused-ring (bicyclic) bond motifs is 1. The Labute approximate surface area is 213 Å². The molecule has 1 amide bonds. The average molecular weight is 514 g/mol. The van der Waals surface area contributed by atoms with Crippen molar-refractivity contribution in [3.63, 3.8) is 0 Å². The van der Waals surface area contributed by atoms with Crippen LogP contribution in [0.4, 0.5) is 19.0 Å². The predicted molar refractivity (Wildman–Crippen MR) is 133 cm³/mol. The zero-order valence-electron chi connectivity index (χ0n) is 21.1. The van der Waals surface area contributed by atoms with Gasteiger partial charge in [-0.05, 0) is 38.7 Å². The minimum Gasteiger partial charge on any atom is -0.372 e. The van der Waals surface area contributed by atoms with Gasteiger partial charge in [0.2, 0.25) is 5.91 Å². The monoisotopic (exact) mass is 513 g/mol. The van der Waals surface area contributed by atoms with Crippen molar-refractivity contribution in [2.75, 3.05) is 25.5 Å². The van der Waals surface area contributed by atoms with E-state index in [1.54, 1.807) is 32.1 Å². The third kappa shape index (κ3) is 4.86. The molecule has 10 heteroatoms. The lowest BCUT2D eigenvalue weighted by Gasteiger charge is -2.40. The van der Waals surface area contributed by atoms with E-state index < -0.39 is 29.4 Å². The van der Waals surface area contributed by atoms with Gasteiger partial charge in [-0.1, -0.05) is 18.2 Å². The summed E-state index contributed by atoms with van der Waals surface area (Å²) in [5, 5.41) is 3.95. The number of carbonyl (C=O) groups is 1. The van der Waals surface area contributed by atoms with Gasteiger partial charge < -0.3 is 15.0 Å². The Kier molecular flexibility index (Phi) is 6.78. The normalized spacial score (nSPS) is 18.3. The van der Waals surface area contributed by atoms with Crippen molar-refractivity contribution in [1.82, 2.24) is 19.9 Å². The zero-order valence-corrected chi connectivity index (χ0v) is 21.1. The van der Waals surface area contributed by atoms with Gasteiger partial charge in [0.25, 0.3) is 6.43 Å². The molecule has 2 aliphatic rings. The quantitative estimate of drug-likeness (QED) is 0.441. The zero-order chi connectivity index (χ0) is 26.3. The van der Waals surface area contributed by atoms with Crippen LogP contribution in [0, 0.1) is 5.82 Å². The van der Waals surface area contributed by atoms with E-state index in [9.17, 15) is 18.0 Å². The predicted octanol–water partition coefficient (Wildman–Crippen LogP) is 5.64. The van der Waals surface area contributed by atoms with Crippen molar-refractivity contribution in [2.45, 2.75) is 63.5 Å². The van der Waals surface area contributed by atoms with E-state index in [-0.39, 0.29) is 17.4 Å². The second-order valence-corrected chi connectivity index (χ2v) is 9.91. The molecule has 3 heterocycles. The molecule has 3 aromatic rings. The van der Waals surface area contributed by atoms with Gasteiger partial charge in [-0.25, -0.2) is 23.1 Å². The summed E-state index contributed by atoms with van der Waals surface area (Å²) in [4.78, 5) is 27.8. The number of halogens is 3. The molecular formula is C27H30F3N5O2. The van der Waals surface area contributed by atoms with Gasteiger partial charge in [-0.2, -0.15) is 0 Å². The van der Waals surface area contributed by atoms with Crippen molar-refractivity contribution >= 4 is 22.6 Å². The SMILES string of the molecule is COC1(c2cc3c(N[C@H](C)c4cccc(C(F)F)c4F)nc(C4CC4)nc3cn2)CCN(C(C)=O)CC1. The Bertz CT molecular complexity index is 1320. The Balaban J connectivity index is 1.53. The van der Waals surface area contributed by atoms with Gasteiger partial charge in [-0.3, -0.25) is 9.78 Å². The first-order chi connectivity index (χ1) is 17.7. The number of pyridine rings is 1. The van der Waals surface area contributed by atoms with Crippen LogP contribution in [0.1, 0.15) is 80.6 Å². The maximum Gasteiger partial charge on any atom is 0.266 e. The molecule has 0 unspecified atom stereocenters. The van der Waals surface area contributed by atoms with Crippen molar-refractivity contribution in [3.8, 4) is 0 Å². The number of aromatic nitrogens is 3. The summed E-state index contributed by atoms with van der Waals surface area (Å²) in [7, 11) is 1.64. The fraction of sp³-hybridized carbons (Fsp3) is 0.481. The van der Waals surface area contributed by atoms with E-state index in [2.05, 4.69) is 5.32 Å². The van der Waals surface area contributed by atoms with Crippen molar-refractivity contribution < 1.29 is 22.7 Å². The molecule has 2 fully saturated rings. The number of nitrogens with one attached hydrogen (secondary N) is 1. The molecule has 0 radical (unpaired) electrons. The van der Waals surface area contributed by atoms with Gasteiger partial charge in [0.1, 0.15) is 23.1 Å². The molecule has 1 saturated heterocycles. The highest BCUT2D eigenvalue weighted by Crippen LogP contribution is 2.41. The maximum absolute atomic E-state index is 14.9. The topological polar surface area (TPSA) is 80.2 Å². The third-order valence-corrected chi connectivity index (χ3v) is 7.53. The number of carbonyl (C=O) groups excluding carboxylic acids is 1. The summed E-state index contributed by atoms with van der Waals surface area (Å²) in [6, 6.07) is 5.29. The molecule has 37 heavy (non-hydrogen) atoms. The van der Waals surface area contributed by atoms with Crippen molar-refractivity contribution in [2.24, 2.45) is 0 Å². The first-order valence-electron chi connectivity index (χ1n) is 12.5. The Morgan fingerprint density at radius 2 is 1.89 bits per heavy atom. The van der Waals surface area contributed by atoms with Crippen LogP contribution in [0.5, 0.6) is 0 Å². The summed E-state index contributed by atoms with van der Waals surface area (Å²) in [6.07, 6.45) is 1.97. The van der Waals surface area contributed by atoms with Crippen LogP contribution in [0.3, 0.4) is 0 Å². The van der Waals surface area contributed by atoms with Crippen LogP contribution in [0.15, 0.2) is 30.5 Å². The number of likely N-dealkylation sites (tertiary alicyclic amines) is 1. The number of methoxy groups -OCH3 is 1. The van der Waals surface area contributed by atoms with E-state index in [4.69, 9.17) is 19.7 Å². The smallest absolute Gasteiger partial charge is 0.266 e. The molecule has 1 aliphatic heterocycles. The van der Waals surface area contributed by atoms with Crippen LogP contribution in [-0.4, -0.2) is 46.0 Å². The number of piperidine rings is 1. The molecule has 1 atom stereocenters. The van der Waals surface area contributed by atoms with Crippen molar-refractivity contribution in [3.05, 3.63) is 58.9 Å². The van der Waals surface area contributed by atoms with Crippen molar-refractivity contribution in [1.29, 1.82) is 0 Å². The molecule has 7 nitrogen and oxygen atoms in total. The van der Waals surface area contributed by atoms with Crippen LogP contribution < -0.4 is 5.32 Å². The van der Waals surface area contributed by atoms with E-state index in [1.165, 1.54) is 12.1 Å². The summed E-state index contributed by atoms with van der Waals surface area (Å²) >= 11 is 0. The molecule has 5 rings (SSSR count). The largest absolute Gasteiger partial charge is 0.372 e. The van der Waals surface area contributed by atoms with Crippen LogP contribution in [0.25, 0.3) is 10.9 Å².